The van der Waals surface area contributed by atoms with E-state index in [2.05, 4.69) is 10.5 Å². The lowest BCUT2D eigenvalue weighted by molar-refractivity contribution is -0.138. The number of anilines is 2. The largest absolute Gasteiger partial charge is 0.379 e. The van der Waals surface area contributed by atoms with Gasteiger partial charge in [-0.05, 0) is 37.3 Å². The van der Waals surface area contributed by atoms with Gasteiger partial charge in [0.1, 0.15) is 0 Å². The first-order valence-corrected chi connectivity index (χ1v) is 8.84. The zero-order valence-corrected chi connectivity index (χ0v) is 16.1. The fourth-order valence-corrected chi connectivity index (χ4v) is 3.18. The van der Waals surface area contributed by atoms with E-state index in [4.69, 9.17) is 16.4 Å². The SMILES string of the molecule is CC(=O)Nc1ccc(N(C)C(=O)C2(C)CC(c3ccccc3Cl)=NO2)cc1. The Labute approximate surface area is 162 Å². The molecule has 0 aromatic heterocycles. The monoisotopic (exact) mass is 385 g/mol. The van der Waals surface area contributed by atoms with Gasteiger partial charge in [0.25, 0.3) is 5.91 Å². The van der Waals surface area contributed by atoms with Crippen LogP contribution in [0.4, 0.5) is 11.4 Å². The second-order valence-electron chi connectivity index (χ2n) is 6.61. The number of carbonyl (C=O) groups is 2. The minimum atomic E-state index is -1.11. The Morgan fingerprint density at radius 2 is 1.85 bits per heavy atom. The fourth-order valence-electron chi connectivity index (χ4n) is 2.94. The van der Waals surface area contributed by atoms with Crippen molar-refractivity contribution in [2.45, 2.75) is 25.9 Å². The van der Waals surface area contributed by atoms with Crippen LogP contribution in [0.15, 0.2) is 53.7 Å². The zero-order chi connectivity index (χ0) is 19.6. The summed E-state index contributed by atoms with van der Waals surface area (Å²) in [5.41, 5.74) is 1.65. The molecule has 0 fully saturated rings. The quantitative estimate of drug-likeness (QED) is 0.869. The normalized spacial score (nSPS) is 18.4. The van der Waals surface area contributed by atoms with Crippen molar-refractivity contribution in [3.63, 3.8) is 0 Å². The summed E-state index contributed by atoms with van der Waals surface area (Å²) in [5, 5.41) is 7.36. The molecule has 2 aromatic rings. The van der Waals surface area contributed by atoms with Crippen LogP contribution >= 0.6 is 11.6 Å². The number of oxime groups is 1. The van der Waals surface area contributed by atoms with Gasteiger partial charge < -0.3 is 15.1 Å². The van der Waals surface area contributed by atoms with Crippen LogP contribution in [0.25, 0.3) is 0 Å². The molecular weight excluding hydrogens is 366 g/mol. The van der Waals surface area contributed by atoms with Gasteiger partial charge in [-0.2, -0.15) is 0 Å². The number of hydrogen-bond donors (Lipinski definition) is 1. The Kier molecular flexibility index (Phi) is 5.19. The van der Waals surface area contributed by atoms with Crippen molar-refractivity contribution in [2.24, 2.45) is 5.16 Å². The summed E-state index contributed by atoms with van der Waals surface area (Å²) in [5.74, 6) is -0.371. The molecular formula is C20H20ClN3O3. The molecule has 1 atom stereocenters. The Bertz CT molecular complexity index is 911. The lowest BCUT2D eigenvalue weighted by Crippen LogP contribution is -2.45. The van der Waals surface area contributed by atoms with Gasteiger partial charge in [-0.3, -0.25) is 9.59 Å². The van der Waals surface area contributed by atoms with Gasteiger partial charge in [-0.25, -0.2) is 0 Å². The maximum Gasteiger partial charge on any atom is 0.273 e. The number of halogens is 1. The van der Waals surface area contributed by atoms with Crippen molar-refractivity contribution in [1.29, 1.82) is 0 Å². The van der Waals surface area contributed by atoms with Gasteiger partial charge in [0.15, 0.2) is 0 Å². The summed E-state index contributed by atoms with van der Waals surface area (Å²) in [6.07, 6.45) is 0.323. The minimum absolute atomic E-state index is 0.150. The van der Waals surface area contributed by atoms with Crippen LogP contribution in [0.2, 0.25) is 5.02 Å². The van der Waals surface area contributed by atoms with E-state index in [-0.39, 0.29) is 11.8 Å². The van der Waals surface area contributed by atoms with Crippen molar-refractivity contribution in [1.82, 2.24) is 0 Å². The van der Waals surface area contributed by atoms with Crippen LogP contribution in [-0.2, 0) is 14.4 Å². The van der Waals surface area contributed by atoms with E-state index in [1.165, 1.54) is 11.8 Å². The highest BCUT2D eigenvalue weighted by Gasteiger charge is 2.44. The topological polar surface area (TPSA) is 71.0 Å². The van der Waals surface area contributed by atoms with Crippen molar-refractivity contribution < 1.29 is 14.4 Å². The van der Waals surface area contributed by atoms with E-state index < -0.39 is 5.60 Å². The predicted molar refractivity (Wildman–Crippen MR) is 106 cm³/mol. The summed E-state index contributed by atoms with van der Waals surface area (Å²) < 4.78 is 0. The number of hydrogen-bond acceptors (Lipinski definition) is 4. The number of nitrogens with one attached hydrogen (secondary N) is 1. The second-order valence-corrected chi connectivity index (χ2v) is 7.02. The molecule has 0 spiro atoms. The molecule has 2 aromatic carbocycles. The minimum Gasteiger partial charge on any atom is -0.379 e. The lowest BCUT2D eigenvalue weighted by Gasteiger charge is -2.27. The van der Waals surface area contributed by atoms with Gasteiger partial charge in [-0.1, -0.05) is 35.0 Å². The number of likely N-dealkylation sites (N-methyl/N-ethyl adjacent to an activating group) is 1. The highest BCUT2D eigenvalue weighted by atomic mass is 35.5. The van der Waals surface area contributed by atoms with Gasteiger partial charge in [-0.15, -0.1) is 0 Å². The van der Waals surface area contributed by atoms with Gasteiger partial charge >= 0.3 is 0 Å². The Hall–Kier alpha value is -2.86. The van der Waals surface area contributed by atoms with Crippen LogP contribution in [0.1, 0.15) is 25.8 Å². The highest BCUT2D eigenvalue weighted by molar-refractivity contribution is 6.34. The van der Waals surface area contributed by atoms with Crippen molar-refractivity contribution >= 4 is 40.5 Å². The molecule has 6 nitrogen and oxygen atoms in total. The number of benzene rings is 2. The first kappa shape index (κ1) is 18.9. The van der Waals surface area contributed by atoms with E-state index >= 15 is 0 Å². The van der Waals surface area contributed by atoms with E-state index in [1.807, 2.05) is 18.2 Å². The molecule has 1 aliphatic heterocycles. The molecule has 27 heavy (non-hydrogen) atoms. The first-order valence-electron chi connectivity index (χ1n) is 8.46. The fraction of sp³-hybridized carbons (Fsp3) is 0.250. The third-order valence-corrected chi connectivity index (χ3v) is 4.71. The second kappa shape index (κ2) is 7.40. The van der Waals surface area contributed by atoms with Crippen LogP contribution in [0.3, 0.4) is 0 Å². The molecule has 140 valence electrons. The molecule has 1 heterocycles. The number of nitrogens with zero attached hydrogens (tertiary/aromatic N) is 2. The van der Waals surface area contributed by atoms with Crippen LogP contribution in [0, 0.1) is 0 Å². The molecule has 1 N–H and O–H groups in total. The third kappa shape index (κ3) is 3.95. The van der Waals surface area contributed by atoms with Gasteiger partial charge in [0, 0.05) is 42.4 Å². The zero-order valence-electron chi connectivity index (χ0n) is 15.3. The number of rotatable bonds is 4. The van der Waals surface area contributed by atoms with Gasteiger partial charge in [0.2, 0.25) is 11.5 Å². The molecule has 3 rings (SSSR count). The molecule has 0 aliphatic carbocycles. The summed E-state index contributed by atoms with van der Waals surface area (Å²) >= 11 is 6.22. The van der Waals surface area contributed by atoms with E-state index in [9.17, 15) is 9.59 Å². The molecule has 1 unspecified atom stereocenters. The standard InChI is InChI=1S/C20H20ClN3O3/c1-13(25)22-14-8-10-15(11-9-14)24(3)19(26)20(2)12-18(23-27-20)16-6-4-5-7-17(16)21/h4-11H,12H2,1-3H3,(H,22,25). The lowest BCUT2D eigenvalue weighted by atomic mass is 9.94. The average molecular weight is 386 g/mol. The molecule has 0 saturated heterocycles. The molecule has 1 aliphatic rings. The number of amides is 2. The summed E-state index contributed by atoms with van der Waals surface area (Å²) in [7, 11) is 1.68. The van der Waals surface area contributed by atoms with E-state index in [0.29, 0.717) is 28.5 Å². The molecule has 0 radical (unpaired) electrons. The van der Waals surface area contributed by atoms with Crippen molar-refractivity contribution in [3.05, 3.63) is 59.1 Å². The predicted octanol–water partition coefficient (Wildman–Crippen LogP) is 3.84. The maximum absolute atomic E-state index is 13.0. The van der Waals surface area contributed by atoms with Crippen LogP contribution in [-0.4, -0.2) is 30.2 Å². The molecule has 7 heteroatoms. The maximum atomic E-state index is 13.0. The molecule has 0 saturated carbocycles. The van der Waals surface area contributed by atoms with E-state index in [1.54, 1.807) is 44.3 Å². The third-order valence-electron chi connectivity index (χ3n) is 4.38. The molecule has 0 bridgehead atoms. The Balaban J connectivity index is 1.74. The Morgan fingerprint density at radius 1 is 1.19 bits per heavy atom. The van der Waals surface area contributed by atoms with Crippen LogP contribution in [0.5, 0.6) is 0 Å². The Morgan fingerprint density at radius 3 is 2.48 bits per heavy atom. The first-order chi connectivity index (χ1) is 12.8. The van der Waals surface area contributed by atoms with Gasteiger partial charge in [0.05, 0.1) is 5.71 Å². The van der Waals surface area contributed by atoms with E-state index in [0.717, 1.165) is 5.56 Å². The molecule has 2 amide bonds. The summed E-state index contributed by atoms with van der Waals surface area (Å²) in [4.78, 5) is 31.2. The smallest absolute Gasteiger partial charge is 0.273 e. The van der Waals surface area contributed by atoms with Crippen LogP contribution < -0.4 is 10.2 Å². The van der Waals surface area contributed by atoms with Crippen molar-refractivity contribution in [3.8, 4) is 0 Å². The summed E-state index contributed by atoms with van der Waals surface area (Å²) in [6.45, 7) is 3.16. The highest BCUT2D eigenvalue weighted by Crippen LogP contribution is 2.32. The van der Waals surface area contributed by atoms with Crippen molar-refractivity contribution in [2.75, 3.05) is 17.3 Å². The summed E-state index contributed by atoms with van der Waals surface area (Å²) in [6, 6.07) is 14.3. The average Bonchev–Trinajstić information content (AvgIpc) is 3.04. The number of carbonyl (C=O) groups excluding carboxylic acids is 2.